The van der Waals surface area contributed by atoms with Crippen molar-refractivity contribution in [2.75, 3.05) is 19.1 Å². The van der Waals surface area contributed by atoms with E-state index < -0.39 is 6.03 Å². The molecular weight excluding hydrogens is 378 g/mol. The summed E-state index contributed by atoms with van der Waals surface area (Å²) in [4.78, 5) is 18.0. The molecule has 0 saturated carbocycles. The zero-order chi connectivity index (χ0) is 20.8. The van der Waals surface area contributed by atoms with E-state index in [1.54, 1.807) is 7.05 Å². The lowest BCUT2D eigenvalue weighted by Gasteiger charge is -2.27. The maximum absolute atomic E-state index is 12.4. The summed E-state index contributed by atoms with van der Waals surface area (Å²) in [5.74, 6) is 5.61. The van der Waals surface area contributed by atoms with Gasteiger partial charge in [-0.25, -0.2) is 21.1 Å². The van der Waals surface area contributed by atoms with Crippen molar-refractivity contribution in [3.05, 3.63) is 63.7 Å². The van der Waals surface area contributed by atoms with Crippen molar-refractivity contribution >= 4 is 29.0 Å². The third-order valence-electron chi connectivity index (χ3n) is 4.41. The number of nitrogens with zero attached hydrogens (tertiary/aromatic N) is 3. The highest BCUT2D eigenvalue weighted by Gasteiger charge is 2.21. The molecule has 0 atom stereocenters. The van der Waals surface area contributed by atoms with Gasteiger partial charge in [0.25, 0.3) is 0 Å². The van der Waals surface area contributed by atoms with Gasteiger partial charge in [0.2, 0.25) is 0 Å². The van der Waals surface area contributed by atoms with E-state index in [0.29, 0.717) is 10.7 Å². The molecule has 7 nitrogen and oxygen atoms in total. The van der Waals surface area contributed by atoms with Crippen LogP contribution in [0.3, 0.4) is 0 Å². The van der Waals surface area contributed by atoms with Crippen LogP contribution >= 0.6 is 11.6 Å². The second-order valence-electron chi connectivity index (χ2n) is 6.39. The molecular formula is C20H26ClN5O2. The molecule has 0 unspecified atom stereocenters. The minimum atomic E-state index is -0.399. The molecule has 150 valence electrons. The summed E-state index contributed by atoms with van der Waals surface area (Å²) in [6.07, 6.45) is 0. The predicted molar refractivity (Wildman–Crippen MR) is 113 cm³/mol. The Balaban J connectivity index is 2.27. The quantitative estimate of drug-likeness (QED) is 0.333. The topological polar surface area (TPSA) is 83.2 Å². The molecule has 0 aliphatic heterocycles. The largest absolute Gasteiger partial charge is 0.391 e. The fourth-order valence-corrected chi connectivity index (χ4v) is 2.98. The normalized spacial score (nSPS) is 11.3. The van der Waals surface area contributed by atoms with Crippen LogP contribution in [0.1, 0.15) is 29.2 Å². The maximum Gasteiger partial charge on any atom is 0.352 e. The first-order valence-corrected chi connectivity index (χ1v) is 9.16. The standard InChI is InChI=1S/C20H26ClN5O2/c1-13-8-6-11-19(26(23-4)20(27)25(5)22)17(13)12-28-24-15(3)16-9-7-10-18(21)14(16)2/h6-11,23H,12,22H2,1-5H3/b24-15-. The Bertz CT molecular complexity index is 883. The van der Waals surface area contributed by atoms with Gasteiger partial charge in [-0.3, -0.25) is 5.01 Å². The van der Waals surface area contributed by atoms with Crippen molar-refractivity contribution in [2.45, 2.75) is 27.4 Å². The minimum Gasteiger partial charge on any atom is -0.391 e. The molecule has 2 aromatic rings. The number of anilines is 1. The number of halogens is 1. The van der Waals surface area contributed by atoms with E-state index in [-0.39, 0.29) is 6.61 Å². The van der Waals surface area contributed by atoms with Crippen molar-refractivity contribution in [3.63, 3.8) is 0 Å². The number of nitrogens with two attached hydrogens (primary N) is 1. The molecule has 0 heterocycles. The van der Waals surface area contributed by atoms with Gasteiger partial charge in [-0.2, -0.15) is 0 Å². The zero-order valence-corrected chi connectivity index (χ0v) is 17.5. The SMILES string of the molecule is CNN(C(=O)N(C)N)c1cccc(C)c1CO/N=C(/C)c1cccc(Cl)c1C. The van der Waals surface area contributed by atoms with Crippen molar-refractivity contribution in [3.8, 4) is 0 Å². The highest BCUT2D eigenvalue weighted by atomic mass is 35.5. The molecule has 3 N–H and O–H groups in total. The van der Waals surface area contributed by atoms with Gasteiger partial charge in [-0.15, -0.1) is 0 Å². The van der Waals surface area contributed by atoms with Crippen LogP contribution in [0.2, 0.25) is 5.02 Å². The first-order chi connectivity index (χ1) is 13.3. The van der Waals surface area contributed by atoms with E-state index >= 15 is 0 Å². The molecule has 28 heavy (non-hydrogen) atoms. The number of aryl methyl sites for hydroxylation is 1. The monoisotopic (exact) mass is 403 g/mol. The van der Waals surface area contributed by atoms with Crippen LogP contribution in [-0.4, -0.2) is 30.8 Å². The number of rotatable bonds is 6. The number of benzene rings is 2. The Labute approximate surface area is 170 Å². The highest BCUT2D eigenvalue weighted by Crippen LogP contribution is 2.25. The molecule has 0 aromatic heterocycles. The van der Waals surface area contributed by atoms with Crippen molar-refractivity contribution in [1.29, 1.82) is 0 Å². The molecule has 0 aliphatic rings. The molecule has 2 aromatic carbocycles. The van der Waals surface area contributed by atoms with E-state index in [2.05, 4.69) is 10.6 Å². The summed E-state index contributed by atoms with van der Waals surface area (Å²) < 4.78 is 0. The third-order valence-corrected chi connectivity index (χ3v) is 4.82. The predicted octanol–water partition coefficient (Wildman–Crippen LogP) is 3.76. The number of carbonyl (C=O) groups is 1. The van der Waals surface area contributed by atoms with Crippen molar-refractivity contribution in [1.82, 2.24) is 10.4 Å². The second kappa shape index (κ2) is 9.54. The molecule has 0 spiro atoms. The van der Waals surface area contributed by atoms with Gasteiger partial charge in [-0.05, 0) is 44.0 Å². The van der Waals surface area contributed by atoms with Gasteiger partial charge in [0, 0.05) is 30.2 Å². The number of hydrogen-bond donors (Lipinski definition) is 2. The van der Waals surface area contributed by atoms with Gasteiger partial charge < -0.3 is 4.84 Å². The number of hydrazine groups is 2. The van der Waals surface area contributed by atoms with E-state index in [0.717, 1.165) is 33.0 Å². The van der Waals surface area contributed by atoms with Crippen molar-refractivity contribution in [2.24, 2.45) is 11.0 Å². The molecule has 0 bridgehead atoms. The first-order valence-electron chi connectivity index (χ1n) is 8.78. The zero-order valence-electron chi connectivity index (χ0n) is 16.8. The average molecular weight is 404 g/mol. The number of amides is 2. The number of urea groups is 1. The van der Waals surface area contributed by atoms with E-state index in [9.17, 15) is 4.79 Å². The summed E-state index contributed by atoms with van der Waals surface area (Å²) in [5, 5.41) is 7.29. The van der Waals surface area contributed by atoms with E-state index in [4.69, 9.17) is 22.3 Å². The van der Waals surface area contributed by atoms with Crippen molar-refractivity contribution < 1.29 is 9.63 Å². The second-order valence-corrected chi connectivity index (χ2v) is 6.79. The van der Waals surface area contributed by atoms with Crippen LogP contribution in [0.4, 0.5) is 10.5 Å². The number of nitrogens with one attached hydrogen (secondary N) is 1. The lowest BCUT2D eigenvalue weighted by Crippen LogP contribution is -2.50. The fourth-order valence-electron chi connectivity index (χ4n) is 2.80. The van der Waals surface area contributed by atoms with Crippen LogP contribution in [0, 0.1) is 13.8 Å². The van der Waals surface area contributed by atoms with Gasteiger partial charge in [0.15, 0.2) is 0 Å². The van der Waals surface area contributed by atoms with Gasteiger partial charge >= 0.3 is 6.03 Å². The molecule has 2 amide bonds. The Kier molecular flexibility index (Phi) is 7.39. The Hall–Kier alpha value is -2.61. The molecule has 0 fully saturated rings. The summed E-state index contributed by atoms with van der Waals surface area (Å²) in [7, 11) is 3.14. The molecule has 0 saturated heterocycles. The number of hydrogen-bond acceptors (Lipinski definition) is 5. The summed E-state index contributed by atoms with van der Waals surface area (Å²) in [6, 6.07) is 10.9. The molecule has 2 rings (SSSR count). The van der Waals surface area contributed by atoms with E-state index in [1.165, 1.54) is 12.1 Å². The van der Waals surface area contributed by atoms with E-state index in [1.807, 2.05) is 57.2 Å². The smallest absolute Gasteiger partial charge is 0.352 e. The summed E-state index contributed by atoms with van der Waals surface area (Å²) in [5.41, 5.74) is 7.90. The lowest BCUT2D eigenvalue weighted by molar-refractivity contribution is 0.130. The van der Waals surface area contributed by atoms with Crippen LogP contribution in [-0.2, 0) is 11.4 Å². The van der Waals surface area contributed by atoms with Crippen LogP contribution < -0.4 is 16.3 Å². The molecule has 8 heteroatoms. The van der Waals surface area contributed by atoms with Crippen LogP contribution in [0.15, 0.2) is 41.6 Å². The van der Waals surface area contributed by atoms with Gasteiger partial charge in [-0.1, -0.05) is 41.0 Å². The van der Waals surface area contributed by atoms with Gasteiger partial charge in [0.1, 0.15) is 6.61 Å². The Morgan fingerprint density at radius 3 is 2.57 bits per heavy atom. The maximum atomic E-state index is 12.4. The van der Waals surface area contributed by atoms with Gasteiger partial charge in [0.05, 0.1) is 11.4 Å². The Morgan fingerprint density at radius 1 is 1.25 bits per heavy atom. The first kappa shape index (κ1) is 21.7. The van der Waals surface area contributed by atoms with Crippen LogP contribution in [0.25, 0.3) is 0 Å². The summed E-state index contributed by atoms with van der Waals surface area (Å²) >= 11 is 6.18. The lowest BCUT2D eigenvalue weighted by atomic mass is 10.1. The molecule has 0 aliphatic carbocycles. The Morgan fingerprint density at radius 2 is 1.93 bits per heavy atom. The number of carbonyl (C=O) groups excluding carboxylic acids is 1. The highest BCUT2D eigenvalue weighted by molar-refractivity contribution is 6.31. The van der Waals surface area contributed by atoms with Crippen LogP contribution in [0.5, 0.6) is 0 Å². The summed E-state index contributed by atoms with van der Waals surface area (Å²) in [6.45, 7) is 5.95. The molecule has 0 radical (unpaired) electrons. The third kappa shape index (κ3) is 4.81. The fraction of sp³-hybridized carbons (Fsp3) is 0.300. The number of oxime groups is 1. The average Bonchev–Trinajstić information content (AvgIpc) is 2.66. The minimum absolute atomic E-state index is 0.193.